The molecule has 0 aliphatic rings. The number of pyridine rings is 1. The third-order valence-corrected chi connectivity index (χ3v) is 4.51. The monoisotopic (exact) mass is 439 g/mol. The van der Waals surface area contributed by atoms with Gasteiger partial charge in [-0.25, -0.2) is 13.6 Å². The van der Waals surface area contributed by atoms with Crippen molar-refractivity contribution in [3.05, 3.63) is 71.3 Å². The maximum Gasteiger partial charge on any atom is 0.344 e. The predicted octanol–water partition coefficient (Wildman–Crippen LogP) is 4.39. The molecule has 0 amide bonds. The molecule has 0 bridgehead atoms. The lowest BCUT2D eigenvalue weighted by Crippen LogP contribution is -2.26. The second-order valence-corrected chi connectivity index (χ2v) is 6.78. The van der Waals surface area contributed by atoms with Gasteiger partial charge in [0.2, 0.25) is 0 Å². The van der Waals surface area contributed by atoms with Crippen molar-refractivity contribution < 1.29 is 28.2 Å². The summed E-state index contributed by atoms with van der Waals surface area (Å²) < 4.78 is 38.9. The number of nitrogens with zero attached hydrogens (tertiary/aromatic N) is 2. The van der Waals surface area contributed by atoms with Crippen LogP contribution in [0.4, 0.5) is 8.78 Å². The summed E-state index contributed by atoms with van der Waals surface area (Å²) in [4.78, 5) is 14.8. The first kappa shape index (κ1) is 22.7. The van der Waals surface area contributed by atoms with Crippen molar-refractivity contribution in [3.8, 4) is 34.7 Å². The third kappa shape index (κ3) is 5.17. The highest BCUT2D eigenvalue weighted by Gasteiger charge is 2.22. The zero-order valence-electron chi connectivity index (χ0n) is 17.0. The van der Waals surface area contributed by atoms with Crippen LogP contribution >= 0.6 is 0 Å². The van der Waals surface area contributed by atoms with Crippen molar-refractivity contribution in [2.75, 3.05) is 0 Å². The number of halogens is 2. The highest BCUT2D eigenvalue weighted by atomic mass is 19.1. The lowest BCUT2D eigenvalue weighted by atomic mass is 10.0. The van der Waals surface area contributed by atoms with E-state index in [0.717, 1.165) is 11.1 Å². The first-order valence-electron chi connectivity index (χ1n) is 9.62. The van der Waals surface area contributed by atoms with Crippen molar-refractivity contribution in [2.45, 2.75) is 26.0 Å². The number of aliphatic carboxylic acids is 1. The molecule has 0 fully saturated rings. The fourth-order valence-electron chi connectivity index (χ4n) is 2.91. The van der Waals surface area contributed by atoms with Gasteiger partial charge in [0, 0.05) is 12.6 Å². The number of hydrogen-bond donors (Lipinski definition) is 2. The molecule has 7 nitrogen and oxygen atoms in total. The Hall–Kier alpha value is -4.03. The molecule has 0 radical (unpaired) electrons. The number of nitriles is 1. The van der Waals surface area contributed by atoms with Crippen molar-refractivity contribution in [1.29, 1.82) is 5.26 Å². The quantitative estimate of drug-likeness (QED) is 0.534. The second-order valence-electron chi connectivity index (χ2n) is 6.78. The van der Waals surface area contributed by atoms with E-state index in [1.165, 1.54) is 13.0 Å². The van der Waals surface area contributed by atoms with Crippen LogP contribution < -0.4 is 15.2 Å². The molecular formula is C23H19F2N3O4. The van der Waals surface area contributed by atoms with Gasteiger partial charge >= 0.3 is 5.97 Å². The minimum atomic E-state index is -1.36. The molecule has 1 unspecified atom stereocenters. The minimum absolute atomic E-state index is 0.0411. The molecule has 0 aliphatic carbocycles. The van der Waals surface area contributed by atoms with E-state index in [1.807, 2.05) is 30.3 Å². The number of benzene rings is 2. The van der Waals surface area contributed by atoms with Crippen molar-refractivity contribution in [3.63, 3.8) is 0 Å². The predicted molar refractivity (Wildman–Crippen MR) is 111 cm³/mol. The molecule has 0 saturated carbocycles. The van der Waals surface area contributed by atoms with Crippen molar-refractivity contribution >= 4 is 5.97 Å². The average molecular weight is 439 g/mol. The topological polar surface area (TPSA) is 118 Å². The molecule has 2 aromatic carbocycles. The molecule has 3 rings (SSSR count). The lowest BCUT2D eigenvalue weighted by molar-refractivity contribution is -0.145. The first-order chi connectivity index (χ1) is 15.3. The van der Waals surface area contributed by atoms with Gasteiger partial charge in [-0.15, -0.1) is 0 Å². The third-order valence-electron chi connectivity index (χ3n) is 4.51. The van der Waals surface area contributed by atoms with Gasteiger partial charge in [0.15, 0.2) is 17.7 Å². The molecule has 3 N–H and O–H groups in total. The zero-order valence-corrected chi connectivity index (χ0v) is 17.0. The molecule has 1 atom stereocenters. The number of ether oxygens (including phenoxy) is 2. The van der Waals surface area contributed by atoms with E-state index in [2.05, 4.69) is 4.98 Å². The Morgan fingerprint density at radius 3 is 2.56 bits per heavy atom. The Bertz CT molecular complexity index is 1190. The number of hydrogen-bond acceptors (Lipinski definition) is 6. The fraction of sp³-hybridized carbons (Fsp3) is 0.174. The van der Waals surface area contributed by atoms with Gasteiger partial charge in [-0.2, -0.15) is 10.2 Å². The Morgan fingerprint density at radius 1 is 1.16 bits per heavy atom. The summed E-state index contributed by atoms with van der Waals surface area (Å²) in [5.41, 5.74) is 8.18. The molecule has 3 aromatic rings. The van der Waals surface area contributed by atoms with Crippen LogP contribution in [0.1, 0.15) is 24.5 Å². The smallest absolute Gasteiger partial charge is 0.344 e. The lowest BCUT2D eigenvalue weighted by Gasteiger charge is -2.14. The number of carboxylic acids is 1. The van der Waals surface area contributed by atoms with Crippen LogP contribution in [0.25, 0.3) is 11.1 Å². The normalized spacial score (nSPS) is 11.5. The summed E-state index contributed by atoms with van der Waals surface area (Å²) in [6, 6.07) is 14.4. The minimum Gasteiger partial charge on any atom is -0.479 e. The standard InChI is InChI=1S/C23H19F2N3O4/c1-2-20(23(29)30)32-22-19(25)10-18(24)21(28-22)31-17-8-14(12-27)7-16(9-17)15-5-3-4-13(6-15)11-26/h3-10,20H,2,11,26H2,1H3,(H,29,30). The Balaban J connectivity index is 1.98. The van der Waals surface area contributed by atoms with Gasteiger partial charge in [0.1, 0.15) is 5.75 Å². The van der Waals surface area contributed by atoms with Gasteiger partial charge in [0.05, 0.1) is 11.6 Å². The van der Waals surface area contributed by atoms with Gasteiger partial charge in [0.25, 0.3) is 11.8 Å². The SMILES string of the molecule is CCC(Oc1nc(Oc2cc(C#N)cc(-c3cccc(CN)c3)c2)c(F)cc1F)C(=O)O. The highest BCUT2D eigenvalue weighted by Crippen LogP contribution is 2.32. The van der Waals surface area contributed by atoms with E-state index >= 15 is 0 Å². The van der Waals surface area contributed by atoms with Crippen LogP contribution in [0, 0.1) is 23.0 Å². The van der Waals surface area contributed by atoms with Crippen LogP contribution in [-0.2, 0) is 11.3 Å². The van der Waals surface area contributed by atoms with E-state index < -0.39 is 35.5 Å². The summed E-state index contributed by atoms with van der Waals surface area (Å²) in [6.07, 6.45) is -1.32. The summed E-state index contributed by atoms with van der Waals surface area (Å²) in [6.45, 7) is 1.87. The molecule has 164 valence electrons. The molecular weight excluding hydrogens is 420 g/mol. The maximum atomic E-state index is 14.3. The second kappa shape index (κ2) is 9.85. The van der Waals surface area contributed by atoms with Gasteiger partial charge in [-0.3, -0.25) is 0 Å². The molecule has 1 aromatic heterocycles. The van der Waals surface area contributed by atoms with E-state index in [0.29, 0.717) is 18.2 Å². The Labute approximate surface area is 182 Å². The zero-order chi connectivity index (χ0) is 23.3. The van der Waals surface area contributed by atoms with E-state index in [1.54, 1.807) is 12.1 Å². The largest absolute Gasteiger partial charge is 0.479 e. The van der Waals surface area contributed by atoms with Crippen molar-refractivity contribution in [2.24, 2.45) is 5.73 Å². The summed E-state index contributed by atoms with van der Waals surface area (Å²) in [5, 5.41) is 18.5. The molecule has 1 heterocycles. The number of nitrogens with two attached hydrogens (primary N) is 1. The number of rotatable bonds is 8. The number of carboxylic acid groups (broad SMARTS) is 1. The van der Waals surface area contributed by atoms with Crippen LogP contribution in [0.2, 0.25) is 0 Å². The van der Waals surface area contributed by atoms with Crippen LogP contribution in [-0.4, -0.2) is 22.2 Å². The summed E-state index contributed by atoms with van der Waals surface area (Å²) >= 11 is 0. The molecule has 0 spiro atoms. The Morgan fingerprint density at radius 2 is 1.91 bits per heavy atom. The number of aromatic nitrogens is 1. The molecule has 32 heavy (non-hydrogen) atoms. The summed E-state index contributed by atoms with van der Waals surface area (Å²) in [7, 11) is 0. The van der Waals surface area contributed by atoms with Gasteiger partial charge < -0.3 is 20.3 Å². The number of carbonyl (C=O) groups is 1. The first-order valence-corrected chi connectivity index (χ1v) is 9.62. The maximum absolute atomic E-state index is 14.3. The van der Waals surface area contributed by atoms with E-state index in [9.17, 15) is 18.8 Å². The van der Waals surface area contributed by atoms with Crippen molar-refractivity contribution in [1.82, 2.24) is 4.98 Å². The Kier molecular flexibility index (Phi) is 6.97. The fourth-order valence-corrected chi connectivity index (χ4v) is 2.91. The average Bonchev–Trinajstić information content (AvgIpc) is 2.79. The van der Waals surface area contributed by atoms with Gasteiger partial charge in [-0.05, 0) is 47.4 Å². The van der Waals surface area contributed by atoms with Crippen LogP contribution in [0.15, 0.2) is 48.5 Å². The van der Waals surface area contributed by atoms with E-state index in [-0.39, 0.29) is 17.7 Å². The van der Waals surface area contributed by atoms with Crippen LogP contribution in [0.3, 0.4) is 0 Å². The van der Waals surface area contributed by atoms with Gasteiger partial charge in [-0.1, -0.05) is 25.1 Å². The van der Waals surface area contributed by atoms with Crippen LogP contribution in [0.5, 0.6) is 17.5 Å². The molecule has 9 heteroatoms. The molecule has 0 saturated heterocycles. The van der Waals surface area contributed by atoms with E-state index in [4.69, 9.17) is 20.3 Å². The molecule has 0 aliphatic heterocycles. The summed E-state index contributed by atoms with van der Waals surface area (Å²) in [5.74, 6) is -4.86. The highest BCUT2D eigenvalue weighted by molar-refractivity contribution is 5.72.